The van der Waals surface area contributed by atoms with Crippen LogP contribution >= 0.6 is 0 Å². The third kappa shape index (κ3) is 3.71. The molecular formula is C15H28N2O. The lowest BCUT2D eigenvalue weighted by molar-refractivity contribution is -0.134. The van der Waals surface area contributed by atoms with Gasteiger partial charge in [-0.25, -0.2) is 0 Å². The number of rotatable bonds is 2. The fourth-order valence-electron chi connectivity index (χ4n) is 3.32. The lowest BCUT2D eigenvalue weighted by Crippen LogP contribution is -2.41. The predicted molar refractivity (Wildman–Crippen MR) is 74.4 cm³/mol. The van der Waals surface area contributed by atoms with Crippen molar-refractivity contribution in [3.05, 3.63) is 0 Å². The molecule has 2 rings (SSSR count). The molecule has 2 fully saturated rings. The third-order valence-electron chi connectivity index (χ3n) is 4.60. The maximum absolute atomic E-state index is 12.5. The average Bonchev–Trinajstić information content (AvgIpc) is 2.52. The van der Waals surface area contributed by atoms with Gasteiger partial charge in [-0.2, -0.15) is 0 Å². The van der Waals surface area contributed by atoms with Gasteiger partial charge in [0.2, 0.25) is 5.91 Å². The van der Waals surface area contributed by atoms with Gasteiger partial charge >= 0.3 is 0 Å². The molecule has 2 saturated heterocycles. The van der Waals surface area contributed by atoms with Crippen LogP contribution in [-0.4, -0.2) is 36.5 Å². The van der Waals surface area contributed by atoms with Crippen molar-refractivity contribution in [1.29, 1.82) is 0 Å². The number of amides is 1. The van der Waals surface area contributed by atoms with E-state index in [9.17, 15) is 4.79 Å². The minimum atomic E-state index is 0.406. The normalized spacial score (nSPS) is 31.1. The first-order valence-electron chi connectivity index (χ1n) is 7.67. The van der Waals surface area contributed by atoms with Gasteiger partial charge in [-0.15, -0.1) is 0 Å². The van der Waals surface area contributed by atoms with Gasteiger partial charge in [0.25, 0.3) is 0 Å². The van der Waals surface area contributed by atoms with Crippen LogP contribution in [-0.2, 0) is 4.79 Å². The monoisotopic (exact) mass is 252 g/mol. The summed E-state index contributed by atoms with van der Waals surface area (Å²) in [6, 6.07) is 0.448. The van der Waals surface area contributed by atoms with E-state index < -0.39 is 0 Å². The van der Waals surface area contributed by atoms with Crippen molar-refractivity contribution in [3.63, 3.8) is 0 Å². The molecule has 0 aromatic rings. The first kappa shape index (κ1) is 13.9. The summed E-state index contributed by atoms with van der Waals surface area (Å²) in [6.45, 7) is 7.65. The molecule has 0 radical (unpaired) electrons. The first-order chi connectivity index (χ1) is 8.66. The standard InChI is InChI=1S/C15H28N2O/c1-12-4-3-5-13(2)17(11-12)15(18)10-14-6-8-16-9-7-14/h12-14,16H,3-11H2,1-2H3/t12-,13+/m0/s1. The number of carbonyl (C=O) groups is 1. The van der Waals surface area contributed by atoms with Gasteiger partial charge in [0, 0.05) is 19.0 Å². The van der Waals surface area contributed by atoms with Crippen LogP contribution < -0.4 is 5.32 Å². The van der Waals surface area contributed by atoms with Crippen LogP contribution in [0.2, 0.25) is 0 Å². The number of likely N-dealkylation sites (tertiary alicyclic amines) is 1. The van der Waals surface area contributed by atoms with Crippen LogP contribution in [0.15, 0.2) is 0 Å². The summed E-state index contributed by atoms with van der Waals surface area (Å²) in [5, 5.41) is 3.37. The van der Waals surface area contributed by atoms with E-state index in [4.69, 9.17) is 0 Å². The molecule has 2 atom stereocenters. The molecule has 2 heterocycles. The highest BCUT2D eigenvalue weighted by Gasteiger charge is 2.27. The van der Waals surface area contributed by atoms with Crippen molar-refractivity contribution < 1.29 is 4.79 Å². The lowest BCUT2D eigenvalue weighted by atomic mass is 9.93. The van der Waals surface area contributed by atoms with Gasteiger partial charge in [-0.1, -0.05) is 13.3 Å². The molecule has 0 saturated carbocycles. The molecule has 18 heavy (non-hydrogen) atoms. The van der Waals surface area contributed by atoms with Gasteiger partial charge in [0.15, 0.2) is 0 Å². The Bertz CT molecular complexity index is 274. The Labute approximate surface area is 111 Å². The fourth-order valence-corrected chi connectivity index (χ4v) is 3.32. The molecule has 0 aliphatic carbocycles. The molecule has 0 unspecified atom stereocenters. The van der Waals surface area contributed by atoms with Crippen LogP contribution in [0.5, 0.6) is 0 Å². The third-order valence-corrected chi connectivity index (χ3v) is 4.60. The molecule has 1 N–H and O–H groups in total. The highest BCUT2D eigenvalue weighted by molar-refractivity contribution is 5.76. The smallest absolute Gasteiger partial charge is 0.223 e. The van der Waals surface area contributed by atoms with Crippen molar-refractivity contribution in [2.45, 2.75) is 58.4 Å². The van der Waals surface area contributed by atoms with Crippen molar-refractivity contribution in [2.24, 2.45) is 11.8 Å². The molecule has 0 bridgehead atoms. The SMILES string of the molecule is C[C@H]1CCC[C@@H](C)N(C(=O)CC2CCNCC2)C1. The minimum absolute atomic E-state index is 0.406. The van der Waals surface area contributed by atoms with Crippen LogP contribution in [0.4, 0.5) is 0 Å². The Morgan fingerprint density at radius 2 is 1.89 bits per heavy atom. The van der Waals surface area contributed by atoms with Crippen LogP contribution in [0.1, 0.15) is 52.4 Å². The number of nitrogens with zero attached hydrogens (tertiary/aromatic N) is 1. The summed E-state index contributed by atoms with van der Waals surface area (Å²) in [6.07, 6.45) is 6.86. The zero-order valence-electron chi connectivity index (χ0n) is 12.0. The maximum Gasteiger partial charge on any atom is 0.223 e. The Morgan fingerprint density at radius 1 is 1.17 bits per heavy atom. The van der Waals surface area contributed by atoms with E-state index in [1.807, 2.05) is 0 Å². The van der Waals surface area contributed by atoms with E-state index in [1.165, 1.54) is 32.1 Å². The highest BCUT2D eigenvalue weighted by Crippen LogP contribution is 2.24. The van der Waals surface area contributed by atoms with Crippen molar-refractivity contribution in [3.8, 4) is 0 Å². The van der Waals surface area contributed by atoms with E-state index in [0.29, 0.717) is 23.8 Å². The van der Waals surface area contributed by atoms with Crippen LogP contribution in [0.25, 0.3) is 0 Å². The Morgan fingerprint density at radius 3 is 2.61 bits per heavy atom. The highest BCUT2D eigenvalue weighted by atomic mass is 16.2. The summed E-state index contributed by atoms with van der Waals surface area (Å²) < 4.78 is 0. The van der Waals surface area contributed by atoms with Crippen molar-refractivity contribution >= 4 is 5.91 Å². The summed E-state index contributed by atoms with van der Waals surface area (Å²) in [7, 11) is 0. The van der Waals surface area contributed by atoms with E-state index in [-0.39, 0.29) is 0 Å². The van der Waals surface area contributed by atoms with Gasteiger partial charge < -0.3 is 10.2 Å². The molecule has 3 nitrogen and oxygen atoms in total. The molecule has 3 heteroatoms. The molecule has 104 valence electrons. The summed E-state index contributed by atoms with van der Waals surface area (Å²) in [5.74, 6) is 1.69. The topological polar surface area (TPSA) is 32.3 Å². The van der Waals surface area contributed by atoms with E-state index in [0.717, 1.165) is 26.1 Å². The second-order valence-corrected chi connectivity index (χ2v) is 6.33. The number of piperidine rings is 1. The zero-order chi connectivity index (χ0) is 13.0. The number of carbonyl (C=O) groups excluding carboxylic acids is 1. The largest absolute Gasteiger partial charge is 0.340 e. The molecule has 0 spiro atoms. The second-order valence-electron chi connectivity index (χ2n) is 6.33. The first-order valence-corrected chi connectivity index (χ1v) is 7.67. The number of hydrogen-bond acceptors (Lipinski definition) is 2. The molecule has 0 aromatic heterocycles. The van der Waals surface area contributed by atoms with E-state index in [1.54, 1.807) is 0 Å². The van der Waals surface area contributed by atoms with Crippen molar-refractivity contribution in [1.82, 2.24) is 10.2 Å². The van der Waals surface area contributed by atoms with E-state index >= 15 is 0 Å². The quantitative estimate of drug-likeness (QED) is 0.818. The molecule has 2 aliphatic rings. The Hall–Kier alpha value is -0.570. The predicted octanol–water partition coefficient (Wildman–Crippen LogP) is 2.41. The van der Waals surface area contributed by atoms with Gasteiger partial charge in [0.05, 0.1) is 0 Å². The molecule has 0 aromatic carbocycles. The maximum atomic E-state index is 12.5. The Kier molecular flexibility index (Phi) is 5.04. The molecule has 2 aliphatic heterocycles. The summed E-state index contributed by atoms with van der Waals surface area (Å²) in [5.41, 5.74) is 0. The minimum Gasteiger partial charge on any atom is -0.340 e. The summed E-state index contributed by atoms with van der Waals surface area (Å²) >= 11 is 0. The molecular weight excluding hydrogens is 224 g/mol. The number of hydrogen-bond donors (Lipinski definition) is 1. The average molecular weight is 252 g/mol. The van der Waals surface area contributed by atoms with Gasteiger partial charge in [0.1, 0.15) is 0 Å². The second kappa shape index (κ2) is 6.55. The zero-order valence-corrected chi connectivity index (χ0v) is 12.0. The molecule has 1 amide bonds. The van der Waals surface area contributed by atoms with Gasteiger partial charge in [-0.05, 0) is 57.5 Å². The van der Waals surface area contributed by atoms with Crippen molar-refractivity contribution in [2.75, 3.05) is 19.6 Å². The fraction of sp³-hybridized carbons (Fsp3) is 0.933. The van der Waals surface area contributed by atoms with Gasteiger partial charge in [-0.3, -0.25) is 4.79 Å². The van der Waals surface area contributed by atoms with Crippen LogP contribution in [0, 0.1) is 11.8 Å². The van der Waals surface area contributed by atoms with E-state index in [2.05, 4.69) is 24.1 Å². The number of nitrogens with one attached hydrogen (secondary N) is 1. The summed E-state index contributed by atoms with van der Waals surface area (Å²) in [4.78, 5) is 14.6. The van der Waals surface area contributed by atoms with Crippen LogP contribution in [0.3, 0.4) is 0 Å². The lowest BCUT2D eigenvalue weighted by Gasteiger charge is -2.31. The Balaban J connectivity index is 1.88.